The fourth-order valence-corrected chi connectivity index (χ4v) is 5.14. The van der Waals surface area contributed by atoms with Gasteiger partial charge < -0.3 is 9.84 Å². The minimum atomic E-state index is -0.371. The van der Waals surface area contributed by atoms with E-state index in [9.17, 15) is 5.11 Å². The van der Waals surface area contributed by atoms with Crippen molar-refractivity contribution in [2.24, 2.45) is 11.8 Å². The average Bonchev–Trinajstić information content (AvgIpc) is 2.90. The SMILES string of the molecule is CCCC1CCC(O)(C2CCOC3(CCCC3)C2)CC1. The summed E-state index contributed by atoms with van der Waals surface area (Å²) in [7, 11) is 0. The maximum absolute atomic E-state index is 11.2. The molecule has 1 N–H and O–H groups in total. The molecule has 0 aromatic carbocycles. The summed E-state index contributed by atoms with van der Waals surface area (Å²) in [5, 5.41) is 11.2. The molecule has 1 unspecified atom stereocenters. The van der Waals surface area contributed by atoms with E-state index in [2.05, 4.69) is 6.92 Å². The first-order chi connectivity index (χ1) is 9.66. The Kier molecular flexibility index (Phi) is 4.42. The third-order valence-corrected chi connectivity index (χ3v) is 6.44. The number of ether oxygens (including phenoxy) is 1. The summed E-state index contributed by atoms with van der Waals surface area (Å²) in [6.45, 7) is 3.16. The van der Waals surface area contributed by atoms with Crippen molar-refractivity contribution in [2.45, 2.75) is 95.2 Å². The van der Waals surface area contributed by atoms with Crippen LogP contribution in [0.3, 0.4) is 0 Å². The molecule has 0 radical (unpaired) electrons. The molecule has 0 aromatic heterocycles. The van der Waals surface area contributed by atoms with Crippen molar-refractivity contribution in [3.8, 4) is 0 Å². The molecule has 3 aliphatic rings. The summed E-state index contributed by atoms with van der Waals surface area (Å²) in [6, 6.07) is 0. The molecule has 1 heterocycles. The van der Waals surface area contributed by atoms with Gasteiger partial charge in [0.2, 0.25) is 0 Å². The largest absolute Gasteiger partial charge is 0.390 e. The van der Waals surface area contributed by atoms with Crippen molar-refractivity contribution in [2.75, 3.05) is 6.61 Å². The first-order valence-corrected chi connectivity index (χ1v) is 9.02. The van der Waals surface area contributed by atoms with Crippen molar-refractivity contribution < 1.29 is 9.84 Å². The third-order valence-electron chi connectivity index (χ3n) is 6.44. The van der Waals surface area contributed by atoms with Gasteiger partial charge in [-0.1, -0.05) is 32.6 Å². The second-order valence-electron chi connectivity index (χ2n) is 7.76. The highest BCUT2D eigenvalue weighted by molar-refractivity contribution is 4.99. The van der Waals surface area contributed by atoms with E-state index in [0.29, 0.717) is 5.92 Å². The third kappa shape index (κ3) is 2.92. The van der Waals surface area contributed by atoms with Crippen molar-refractivity contribution in [1.29, 1.82) is 0 Å². The molecule has 3 rings (SSSR count). The summed E-state index contributed by atoms with van der Waals surface area (Å²) in [5.74, 6) is 1.37. The van der Waals surface area contributed by atoms with Gasteiger partial charge in [-0.05, 0) is 63.2 Å². The Bertz CT molecular complexity index is 311. The summed E-state index contributed by atoms with van der Waals surface area (Å²) in [4.78, 5) is 0. The highest BCUT2D eigenvalue weighted by Crippen LogP contribution is 2.49. The molecular weight excluding hydrogens is 248 g/mol. The Morgan fingerprint density at radius 1 is 1.05 bits per heavy atom. The molecule has 0 aromatic rings. The molecule has 116 valence electrons. The lowest BCUT2D eigenvalue weighted by Crippen LogP contribution is -2.49. The van der Waals surface area contributed by atoms with Gasteiger partial charge in [0.1, 0.15) is 0 Å². The van der Waals surface area contributed by atoms with Crippen LogP contribution >= 0.6 is 0 Å². The van der Waals surface area contributed by atoms with Gasteiger partial charge in [0, 0.05) is 6.61 Å². The van der Waals surface area contributed by atoms with Crippen LogP contribution in [0.4, 0.5) is 0 Å². The summed E-state index contributed by atoms with van der Waals surface area (Å²) in [5.41, 5.74) is -0.220. The molecule has 20 heavy (non-hydrogen) atoms. The number of hydrogen-bond acceptors (Lipinski definition) is 2. The number of aliphatic hydroxyl groups is 1. The maximum Gasteiger partial charge on any atom is 0.0686 e. The topological polar surface area (TPSA) is 29.5 Å². The minimum absolute atomic E-state index is 0.152. The van der Waals surface area contributed by atoms with Gasteiger partial charge in [-0.25, -0.2) is 0 Å². The highest BCUT2D eigenvalue weighted by atomic mass is 16.5. The predicted octanol–water partition coefficient (Wildman–Crippen LogP) is 4.45. The van der Waals surface area contributed by atoms with Gasteiger partial charge in [0.15, 0.2) is 0 Å². The van der Waals surface area contributed by atoms with Gasteiger partial charge in [-0.3, -0.25) is 0 Å². The Labute approximate surface area is 124 Å². The molecular formula is C18H32O2. The van der Waals surface area contributed by atoms with Crippen LogP contribution in [0.2, 0.25) is 0 Å². The van der Waals surface area contributed by atoms with Crippen molar-refractivity contribution in [3.05, 3.63) is 0 Å². The maximum atomic E-state index is 11.2. The molecule has 0 bridgehead atoms. The lowest BCUT2D eigenvalue weighted by molar-refractivity contribution is -0.152. The van der Waals surface area contributed by atoms with E-state index in [1.165, 1.54) is 51.4 Å². The van der Waals surface area contributed by atoms with Crippen molar-refractivity contribution in [1.82, 2.24) is 0 Å². The van der Waals surface area contributed by atoms with Crippen LogP contribution in [0, 0.1) is 11.8 Å². The summed E-state index contributed by atoms with van der Waals surface area (Å²) in [6.07, 6.45) is 14.5. The predicted molar refractivity (Wildman–Crippen MR) is 81.7 cm³/mol. The van der Waals surface area contributed by atoms with E-state index < -0.39 is 0 Å². The molecule has 2 heteroatoms. The molecule has 2 nitrogen and oxygen atoms in total. The molecule has 1 atom stereocenters. The Morgan fingerprint density at radius 3 is 2.40 bits per heavy atom. The second-order valence-corrected chi connectivity index (χ2v) is 7.76. The fourth-order valence-electron chi connectivity index (χ4n) is 5.14. The molecule has 2 aliphatic carbocycles. The smallest absolute Gasteiger partial charge is 0.0686 e. The Hall–Kier alpha value is -0.0800. The first-order valence-electron chi connectivity index (χ1n) is 9.02. The van der Waals surface area contributed by atoms with E-state index in [1.54, 1.807) is 0 Å². The van der Waals surface area contributed by atoms with E-state index in [0.717, 1.165) is 38.2 Å². The molecule has 2 saturated carbocycles. The van der Waals surface area contributed by atoms with Crippen LogP contribution in [0.15, 0.2) is 0 Å². The zero-order chi connectivity index (χ0) is 14.1. The Balaban J connectivity index is 1.60. The van der Waals surface area contributed by atoms with Gasteiger partial charge in [-0.2, -0.15) is 0 Å². The van der Waals surface area contributed by atoms with Gasteiger partial charge in [-0.15, -0.1) is 0 Å². The van der Waals surface area contributed by atoms with Crippen LogP contribution in [-0.2, 0) is 4.74 Å². The number of rotatable bonds is 3. The molecule has 1 aliphatic heterocycles. The van der Waals surface area contributed by atoms with Crippen LogP contribution in [0.1, 0.15) is 84.0 Å². The quantitative estimate of drug-likeness (QED) is 0.827. The zero-order valence-electron chi connectivity index (χ0n) is 13.2. The molecule has 3 fully saturated rings. The lowest BCUT2D eigenvalue weighted by atomic mass is 9.66. The molecule has 1 spiro atoms. The van der Waals surface area contributed by atoms with Gasteiger partial charge in [0.25, 0.3) is 0 Å². The van der Waals surface area contributed by atoms with E-state index in [4.69, 9.17) is 4.74 Å². The lowest BCUT2D eigenvalue weighted by Gasteiger charge is -2.48. The summed E-state index contributed by atoms with van der Waals surface area (Å²) < 4.78 is 6.14. The Morgan fingerprint density at radius 2 is 1.75 bits per heavy atom. The minimum Gasteiger partial charge on any atom is -0.390 e. The summed E-state index contributed by atoms with van der Waals surface area (Å²) >= 11 is 0. The van der Waals surface area contributed by atoms with Crippen LogP contribution in [0.5, 0.6) is 0 Å². The van der Waals surface area contributed by atoms with Crippen LogP contribution in [-0.4, -0.2) is 22.9 Å². The van der Waals surface area contributed by atoms with Crippen molar-refractivity contribution >= 4 is 0 Å². The molecule has 1 saturated heterocycles. The first kappa shape index (κ1) is 14.8. The van der Waals surface area contributed by atoms with Crippen molar-refractivity contribution in [3.63, 3.8) is 0 Å². The monoisotopic (exact) mass is 280 g/mol. The normalized spacial score (nSPS) is 41.1. The second kappa shape index (κ2) is 5.96. The van der Waals surface area contributed by atoms with Crippen LogP contribution < -0.4 is 0 Å². The fraction of sp³-hybridized carbons (Fsp3) is 1.00. The van der Waals surface area contributed by atoms with E-state index >= 15 is 0 Å². The van der Waals surface area contributed by atoms with E-state index in [-0.39, 0.29) is 11.2 Å². The highest BCUT2D eigenvalue weighted by Gasteiger charge is 2.47. The van der Waals surface area contributed by atoms with E-state index in [1.807, 2.05) is 0 Å². The van der Waals surface area contributed by atoms with Gasteiger partial charge >= 0.3 is 0 Å². The number of hydrogen-bond donors (Lipinski definition) is 1. The molecule has 0 amide bonds. The van der Waals surface area contributed by atoms with Crippen LogP contribution in [0.25, 0.3) is 0 Å². The standard InChI is InChI=1S/C18H32O2/c1-2-5-15-6-11-18(19,12-7-15)16-8-13-20-17(14-16)9-3-4-10-17/h15-16,19H,2-14H2,1H3. The van der Waals surface area contributed by atoms with Gasteiger partial charge in [0.05, 0.1) is 11.2 Å². The zero-order valence-corrected chi connectivity index (χ0v) is 13.2. The average molecular weight is 280 g/mol.